The third-order valence-corrected chi connectivity index (χ3v) is 4.96. The molecule has 0 saturated carbocycles. The second-order valence-electron chi connectivity index (χ2n) is 6.76. The van der Waals surface area contributed by atoms with Crippen molar-refractivity contribution in [3.8, 4) is 11.3 Å². The van der Waals surface area contributed by atoms with Gasteiger partial charge in [0.25, 0.3) is 5.91 Å². The van der Waals surface area contributed by atoms with Gasteiger partial charge in [-0.15, -0.1) is 0 Å². The van der Waals surface area contributed by atoms with Gasteiger partial charge in [0.2, 0.25) is 0 Å². The van der Waals surface area contributed by atoms with Gasteiger partial charge in [-0.25, -0.2) is 4.39 Å². The van der Waals surface area contributed by atoms with E-state index in [1.807, 2.05) is 29.2 Å². The van der Waals surface area contributed by atoms with Crippen LogP contribution in [0.1, 0.15) is 34.8 Å². The number of carbonyl (C=O) groups is 1. The Bertz CT molecular complexity index is 945. The van der Waals surface area contributed by atoms with Crippen LogP contribution in [-0.2, 0) is 0 Å². The third-order valence-electron chi connectivity index (χ3n) is 4.96. The summed E-state index contributed by atoms with van der Waals surface area (Å²) < 4.78 is 14.1. The average molecular weight is 361 g/mol. The van der Waals surface area contributed by atoms with Gasteiger partial charge in [0.15, 0.2) is 0 Å². The molecule has 0 radical (unpaired) electrons. The Morgan fingerprint density at radius 1 is 1.07 bits per heavy atom. The normalized spacial score (nSPS) is 16.9. The monoisotopic (exact) mass is 361 g/mol. The Labute approximate surface area is 157 Å². The predicted molar refractivity (Wildman–Crippen MR) is 102 cm³/mol. The lowest BCUT2D eigenvalue weighted by Crippen LogP contribution is -2.39. The van der Waals surface area contributed by atoms with Crippen LogP contribution in [0.15, 0.2) is 67.0 Å². The molecule has 1 aromatic carbocycles. The van der Waals surface area contributed by atoms with Gasteiger partial charge in [0, 0.05) is 42.7 Å². The van der Waals surface area contributed by atoms with Crippen molar-refractivity contribution in [1.82, 2.24) is 14.9 Å². The summed E-state index contributed by atoms with van der Waals surface area (Å²) in [5.41, 5.74) is 2.63. The lowest BCUT2D eigenvalue weighted by atomic mass is 9.93. The minimum atomic E-state index is -0.279. The molecule has 3 heterocycles. The van der Waals surface area contributed by atoms with Gasteiger partial charge < -0.3 is 4.90 Å². The van der Waals surface area contributed by atoms with Crippen LogP contribution >= 0.6 is 0 Å². The fourth-order valence-corrected chi connectivity index (χ4v) is 3.57. The Hall–Kier alpha value is -3.08. The van der Waals surface area contributed by atoms with Crippen molar-refractivity contribution in [2.24, 2.45) is 0 Å². The lowest BCUT2D eigenvalue weighted by Gasteiger charge is -2.32. The van der Waals surface area contributed by atoms with Gasteiger partial charge >= 0.3 is 0 Å². The van der Waals surface area contributed by atoms with E-state index in [0.717, 1.165) is 25.1 Å². The van der Waals surface area contributed by atoms with Crippen LogP contribution in [0.5, 0.6) is 0 Å². The Kier molecular flexibility index (Phi) is 4.92. The summed E-state index contributed by atoms with van der Waals surface area (Å²) in [6.45, 7) is 1.35. The van der Waals surface area contributed by atoms with Gasteiger partial charge in [-0.3, -0.25) is 14.8 Å². The SMILES string of the molecule is O=C(c1cccnc1)N1CCC[C@@H](c2cccc(-c3ccccc3F)n2)C1. The number of amides is 1. The topological polar surface area (TPSA) is 46.1 Å². The summed E-state index contributed by atoms with van der Waals surface area (Å²) in [6, 6.07) is 15.9. The summed E-state index contributed by atoms with van der Waals surface area (Å²) in [4.78, 5) is 23.3. The lowest BCUT2D eigenvalue weighted by molar-refractivity contribution is 0.0705. The Balaban J connectivity index is 1.56. The maximum absolute atomic E-state index is 14.1. The van der Waals surface area contributed by atoms with Crippen molar-refractivity contribution in [3.63, 3.8) is 0 Å². The van der Waals surface area contributed by atoms with Gasteiger partial charge in [-0.2, -0.15) is 0 Å². The van der Waals surface area contributed by atoms with Gasteiger partial charge in [0.05, 0.1) is 11.3 Å². The van der Waals surface area contributed by atoms with E-state index in [9.17, 15) is 9.18 Å². The molecule has 4 nitrogen and oxygen atoms in total. The number of nitrogens with zero attached hydrogens (tertiary/aromatic N) is 3. The predicted octanol–water partition coefficient (Wildman–Crippen LogP) is 4.30. The summed E-state index contributed by atoms with van der Waals surface area (Å²) in [7, 11) is 0. The van der Waals surface area contributed by atoms with Crippen LogP contribution in [0.3, 0.4) is 0 Å². The van der Waals surface area contributed by atoms with Crippen molar-refractivity contribution >= 4 is 5.91 Å². The van der Waals surface area contributed by atoms with Crippen LogP contribution in [0.4, 0.5) is 4.39 Å². The molecular weight excluding hydrogens is 341 g/mol. The molecule has 0 N–H and O–H groups in total. The number of benzene rings is 1. The molecule has 5 heteroatoms. The first kappa shape index (κ1) is 17.3. The highest BCUT2D eigenvalue weighted by atomic mass is 19.1. The molecule has 1 aliphatic rings. The van der Waals surface area contributed by atoms with E-state index in [1.54, 1.807) is 36.7 Å². The molecule has 4 rings (SSSR count). The number of rotatable bonds is 3. The zero-order chi connectivity index (χ0) is 18.6. The smallest absolute Gasteiger partial charge is 0.255 e. The molecule has 1 atom stereocenters. The highest BCUT2D eigenvalue weighted by molar-refractivity contribution is 5.94. The zero-order valence-corrected chi connectivity index (χ0v) is 14.9. The fraction of sp³-hybridized carbons (Fsp3) is 0.227. The summed E-state index contributed by atoms with van der Waals surface area (Å²) in [5, 5.41) is 0. The van der Waals surface area contributed by atoms with E-state index in [0.29, 0.717) is 23.4 Å². The van der Waals surface area contributed by atoms with Crippen LogP contribution in [0, 0.1) is 5.82 Å². The molecule has 1 amide bonds. The summed E-state index contributed by atoms with van der Waals surface area (Å²) in [5.74, 6) is -0.136. The number of likely N-dealkylation sites (tertiary alicyclic amines) is 1. The van der Waals surface area contributed by atoms with Gasteiger partial charge in [0.1, 0.15) is 5.82 Å². The molecule has 1 fully saturated rings. The van der Waals surface area contributed by atoms with E-state index in [-0.39, 0.29) is 17.6 Å². The molecule has 27 heavy (non-hydrogen) atoms. The van der Waals surface area contributed by atoms with Crippen LogP contribution < -0.4 is 0 Å². The van der Waals surface area contributed by atoms with E-state index >= 15 is 0 Å². The van der Waals surface area contributed by atoms with Crippen LogP contribution in [0.25, 0.3) is 11.3 Å². The Morgan fingerprint density at radius 3 is 2.78 bits per heavy atom. The summed E-state index contributed by atoms with van der Waals surface area (Å²) in [6.07, 6.45) is 5.14. The highest BCUT2D eigenvalue weighted by Gasteiger charge is 2.26. The second kappa shape index (κ2) is 7.66. The molecule has 0 aliphatic carbocycles. The average Bonchev–Trinajstić information content (AvgIpc) is 2.74. The van der Waals surface area contributed by atoms with Gasteiger partial charge in [-0.1, -0.05) is 18.2 Å². The molecule has 136 valence electrons. The quantitative estimate of drug-likeness (QED) is 0.699. The molecule has 1 aliphatic heterocycles. The number of hydrogen-bond acceptors (Lipinski definition) is 3. The maximum atomic E-state index is 14.1. The highest BCUT2D eigenvalue weighted by Crippen LogP contribution is 2.29. The van der Waals surface area contributed by atoms with Gasteiger partial charge in [-0.05, 0) is 49.2 Å². The first-order valence-corrected chi connectivity index (χ1v) is 9.13. The zero-order valence-electron chi connectivity index (χ0n) is 14.9. The minimum absolute atomic E-state index is 0.00180. The first-order chi connectivity index (χ1) is 13.2. The third kappa shape index (κ3) is 3.72. The largest absolute Gasteiger partial charge is 0.338 e. The van der Waals surface area contributed by atoms with Crippen molar-refractivity contribution < 1.29 is 9.18 Å². The van der Waals surface area contributed by atoms with Crippen molar-refractivity contribution in [3.05, 3.63) is 84.1 Å². The number of piperidine rings is 1. The van der Waals surface area contributed by atoms with Crippen LogP contribution in [-0.4, -0.2) is 33.9 Å². The van der Waals surface area contributed by atoms with E-state index in [2.05, 4.69) is 4.98 Å². The van der Waals surface area contributed by atoms with E-state index < -0.39 is 0 Å². The summed E-state index contributed by atoms with van der Waals surface area (Å²) >= 11 is 0. The van der Waals surface area contributed by atoms with Crippen LogP contribution in [0.2, 0.25) is 0 Å². The fourth-order valence-electron chi connectivity index (χ4n) is 3.57. The van der Waals surface area contributed by atoms with Crippen molar-refractivity contribution in [2.45, 2.75) is 18.8 Å². The number of halogens is 1. The van der Waals surface area contributed by atoms with Crippen molar-refractivity contribution in [1.29, 1.82) is 0 Å². The van der Waals surface area contributed by atoms with E-state index in [1.165, 1.54) is 6.07 Å². The molecule has 0 unspecified atom stereocenters. The molecular formula is C22H20FN3O. The number of carbonyl (C=O) groups excluding carboxylic acids is 1. The molecule has 0 spiro atoms. The second-order valence-corrected chi connectivity index (χ2v) is 6.76. The Morgan fingerprint density at radius 2 is 1.96 bits per heavy atom. The first-order valence-electron chi connectivity index (χ1n) is 9.13. The number of hydrogen-bond donors (Lipinski definition) is 0. The number of pyridine rings is 2. The van der Waals surface area contributed by atoms with E-state index in [4.69, 9.17) is 4.98 Å². The number of aromatic nitrogens is 2. The standard InChI is InChI=1S/C22H20FN3O/c23-19-9-2-1-8-18(19)21-11-3-10-20(25-21)17-7-5-13-26(15-17)22(27)16-6-4-12-24-14-16/h1-4,6,8-12,14,17H,5,7,13,15H2/t17-/m1/s1. The minimum Gasteiger partial charge on any atom is -0.338 e. The molecule has 2 aromatic heterocycles. The molecule has 0 bridgehead atoms. The van der Waals surface area contributed by atoms with Crippen molar-refractivity contribution in [2.75, 3.05) is 13.1 Å². The maximum Gasteiger partial charge on any atom is 0.255 e. The molecule has 1 saturated heterocycles. The molecule has 3 aromatic rings.